The summed E-state index contributed by atoms with van der Waals surface area (Å²) in [6, 6.07) is 11.8. The van der Waals surface area contributed by atoms with Crippen LogP contribution in [0.2, 0.25) is 0 Å². The minimum absolute atomic E-state index is 0.208. The third kappa shape index (κ3) is 4.26. The second kappa shape index (κ2) is 9.11. The maximum absolute atomic E-state index is 13.5. The number of pyridine rings is 1. The molecule has 3 aromatic rings. The summed E-state index contributed by atoms with van der Waals surface area (Å²) in [5.74, 6) is 1.12. The first kappa shape index (κ1) is 22.4. The minimum atomic E-state index is -0.293. The normalized spacial score (nSPS) is 17.5. The molecule has 1 aromatic carbocycles. The number of rotatable bonds is 4. The summed E-state index contributed by atoms with van der Waals surface area (Å²) < 4.78 is 7.18. The van der Waals surface area contributed by atoms with E-state index >= 15 is 0 Å². The summed E-state index contributed by atoms with van der Waals surface area (Å²) in [5.41, 5.74) is 2.83. The van der Waals surface area contributed by atoms with E-state index < -0.39 is 0 Å². The number of ether oxygens (including phenoxy) is 1. The summed E-state index contributed by atoms with van der Waals surface area (Å²) in [5, 5.41) is 2.61. The summed E-state index contributed by atoms with van der Waals surface area (Å²) in [6.07, 6.45) is 3.39. The van der Waals surface area contributed by atoms with Gasteiger partial charge in [-0.3, -0.25) is 14.0 Å². The van der Waals surface area contributed by atoms with Crippen LogP contribution in [0.15, 0.2) is 52.3 Å². The molecule has 0 bridgehead atoms. The first-order chi connectivity index (χ1) is 16.4. The van der Waals surface area contributed by atoms with Gasteiger partial charge in [-0.2, -0.15) is 0 Å². The molecule has 5 rings (SSSR count). The number of amides is 1. The third-order valence-electron chi connectivity index (χ3n) is 5.92. The van der Waals surface area contributed by atoms with Crippen LogP contribution in [0.4, 0.5) is 11.5 Å². The van der Waals surface area contributed by atoms with Crippen molar-refractivity contribution in [2.45, 2.75) is 6.92 Å². The molecule has 34 heavy (non-hydrogen) atoms. The molecule has 0 radical (unpaired) electrons. The van der Waals surface area contributed by atoms with Crippen molar-refractivity contribution in [2.24, 2.45) is 0 Å². The van der Waals surface area contributed by atoms with Crippen molar-refractivity contribution in [3.8, 4) is 5.75 Å². The Hall–Kier alpha value is -3.37. The Morgan fingerprint density at radius 3 is 2.41 bits per heavy atom. The smallest absolute Gasteiger partial charge is 0.267 e. The Labute approximate surface area is 206 Å². The maximum atomic E-state index is 13.5. The van der Waals surface area contributed by atoms with Gasteiger partial charge in [0, 0.05) is 38.1 Å². The highest BCUT2D eigenvalue weighted by molar-refractivity contribution is 8.26. The van der Waals surface area contributed by atoms with Crippen molar-refractivity contribution >= 4 is 57.4 Å². The summed E-state index contributed by atoms with van der Waals surface area (Å²) in [4.78, 5) is 35.5. The molecule has 2 aromatic heterocycles. The molecule has 0 aliphatic carbocycles. The number of thioether (sulfide) groups is 1. The molecule has 0 atom stereocenters. The molecule has 174 valence electrons. The van der Waals surface area contributed by atoms with E-state index in [0.29, 0.717) is 39.3 Å². The predicted octanol–water partition coefficient (Wildman–Crippen LogP) is 2.83. The molecule has 0 saturated carbocycles. The number of carbonyl (C=O) groups excluding carboxylic acids is 1. The van der Waals surface area contributed by atoms with Crippen molar-refractivity contribution in [2.75, 3.05) is 43.1 Å². The molecule has 2 aliphatic rings. The highest BCUT2D eigenvalue weighted by atomic mass is 32.2. The molecule has 10 heteroatoms. The number of nitrogens with one attached hydrogen (secondary N) is 1. The highest BCUT2D eigenvalue weighted by Crippen LogP contribution is 2.29. The zero-order valence-electron chi connectivity index (χ0n) is 18.8. The van der Waals surface area contributed by atoms with Crippen molar-refractivity contribution in [1.29, 1.82) is 0 Å². The average molecular weight is 494 g/mol. The van der Waals surface area contributed by atoms with Gasteiger partial charge in [-0.25, -0.2) is 4.98 Å². The van der Waals surface area contributed by atoms with E-state index in [1.807, 2.05) is 43.3 Å². The fourth-order valence-electron chi connectivity index (χ4n) is 4.14. The van der Waals surface area contributed by atoms with Crippen molar-refractivity contribution in [3.63, 3.8) is 0 Å². The number of anilines is 2. The highest BCUT2D eigenvalue weighted by Gasteiger charge is 2.26. The quantitative estimate of drug-likeness (QED) is 0.439. The van der Waals surface area contributed by atoms with Gasteiger partial charge in [0.25, 0.3) is 11.5 Å². The van der Waals surface area contributed by atoms with Crippen LogP contribution in [-0.4, -0.2) is 52.9 Å². The molecule has 0 spiro atoms. The fourth-order valence-corrected chi connectivity index (χ4v) is 5.16. The van der Waals surface area contributed by atoms with E-state index in [1.54, 1.807) is 19.4 Å². The Bertz CT molecular complexity index is 1380. The van der Waals surface area contributed by atoms with E-state index in [2.05, 4.69) is 15.1 Å². The van der Waals surface area contributed by atoms with Crippen molar-refractivity contribution in [3.05, 3.63) is 69.0 Å². The lowest BCUT2D eigenvalue weighted by molar-refractivity contribution is -0.115. The molecule has 2 saturated heterocycles. The van der Waals surface area contributed by atoms with Crippen LogP contribution < -0.4 is 25.4 Å². The van der Waals surface area contributed by atoms with Crippen LogP contribution >= 0.6 is 24.0 Å². The van der Waals surface area contributed by atoms with Gasteiger partial charge in [0.1, 0.15) is 21.5 Å². The van der Waals surface area contributed by atoms with Gasteiger partial charge in [0.15, 0.2) is 0 Å². The third-order valence-corrected chi connectivity index (χ3v) is 7.08. The number of thiocarbonyl (C=S) groups is 1. The van der Waals surface area contributed by atoms with Crippen LogP contribution in [0.25, 0.3) is 11.7 Å². The van der Waals surface area contributed by atoms with Gasteiger partial charge < -0.3 is 19.9 Å². The van der Waals surface area contributed by atoms with E-state index in [4.69, 9.17) is 21.9 Å². The summed E-state index contributed by atoms with van der Waals surface area (Å²) in [7, 11) is 1.66. The zero-order chi connectivity index (χ0) is 23.8. The van der Waals surface area contributed by atoms with E-state index in [9.17, 15) is 9.59 Å². The zero-order valence-corrected chi connectivity index (χ0v) is 20.4. The SMILES string of the molecule is COc1ccc(N2CCN(c3nc4ccc(C)cn4c(=O)c3/C=C3\SC(=S)NC3=O)CC2)cc1. The number of nitrogens with zero attached hydrogens (tertiary/aromatic N) is 4. The van der Waals surface area contributed by atoms with Gasteiger partial charge in [0.2, 0.25) is 0 Å². The largest absolute Gasteiger partial charge is 0.497 e. The Kier molecular flexibility index (Phi) is 6.01. The lowest BCUT2D eigenvalue weighted by atomic mass is 10.2. The number of benzene rings is 1. The van der Waals surface area contributed by atoms with Crippen molar-refractivity contribution in [1.82, 2.24) is 14.7 Å². The lowest BCUT2D eigenvalue weighted by Crippen LogP contribution is -2.47. The number of methoxy groups -OCH3 is 1. The van der Waals surface area contributed by atoms with E-state index in [-0.39, 0.29) is 11.5 Å². The van der Waals surface area contributed by atoms with Crippen LogP contribution in [0.1, 0.15) is 11.1 Å². The molecule has 0 unspecified atom stereocenters. The second-order valence-corrected chi connectivity index (χ2v) is 9.83. The number of carbonyl (C=O) groups is 1. The number of hydrogen-bond acceptors (Lipinski definition) is 8. The van der Waals surface area contributed by atoms with Gasteiger partial charge in [-0.15, -0.1) is 0 Å². The van der Waals surface area contributed by atoms with Crippen molar-refractivity contribution < 1.29 is 9.53 Å². The Morgan fingerprint density at radius 1 is 1.06 bits per heavy atom. The Balaban J connectivity index is 1.50. The van der Waals surface area contributed by atoms with Gasteiger partial charge >= 0.3 is 0 Å². The molecule has 2 fully saturated rings. The first-order valence-corrected chi connectivity index (χ1v) is 12.1. The standard InChI is InChI=1S/C24H23N5O3S2/c1-15-3-8-20-25-21(18(23(31)29(20)14-15)13-19-22(30)26-24(33)34-19)28-11-9-27(10-12-28)16-4-6-17(32-2)7-5-16/h3-8,13-14H,9-12H2,1-2H3,(H,26,30,33)/b19-13-. The molecule has 8 nitrogen and oxygen atoms in total. The molecule has 2 aliphatic heterocycles. The van der Waals surface area contributed by atoms with Gasteiger partial charge in [0.05, 0.1) is 17.6 Å². The number of piperazine rings is 1. The fraction of sp³-hybridized carbons (Fsp3) is 0.250. The van der Waals surface area contributed by atoms with E-state index in [1.165, 1.54) is 4.40 Å². The predicted molar refractivity (Wildman–Crippen MR) is 140 cm³/mol. The van der Waals surface area contributed by atoms with Crippen LogP contribution in [-0.2, 0) is 4.79 Å². The second-order valence-electron chi connectivity index (χ2n) is 8.11. The van der Waals surface area contributed by atoms with Gasteiger partial charge in [-0.05, 0) is 48.9 Å². The van der Waals surface area contributed by atoms with Crippen LogP contribution in [0.5, 0.6) is 5.75 Å². The number of aromatic nitrogens is 2. The monoisotopic (exact) mass is 493 g/mol. The number of aryl methyl sites for hydroxylation is 1. The topological polar surface area (TPSA) is 79.2 Å². The molecular formula is C24H23N5O3S2. The van der Waals surface area contributed by atoms with Crippen LogP contribution in [0.3, 0.4) is 0 Å². The maximum Gasteiger partial charge on any atom is 0.267 e. The van der Waals surface area contributed by atoms with E-state index in [0.717, 1.165) is 41.9 Å². The molecule has 1 N–H and O–H groups in total. The lowest BCUT2D eigenvalue weighted by Gasteiger charge is -2.37. The molecular weight excluding hydrogens is 470 g/mol. The van der Waals surface area contributed by atoms with Gasteiger partial charge in [-0.1, -0.05) is 30.0 Å². The minimum Gasteiger partial charge on any atom is -0.497 e. The Morgan fingerprint density at radius 2 is 1.76 bits per heavy atom. The first-order valence-electron chi connectivity index (χ1n) is 10.8. The summed E-state index contributed by atoms with van der Waals surface area (Å²) >= 11 is 6.28. The average Bonchev–Trinajstić information content (AvgIpc) is 3.17. The molecule has 1 amide bonds. The molecule has 4 heterocycles. The van der Waals surface area contributed by atoms with Crippen LogP contribution in [0, 0.1) is 6.92 Å². The number of hydrogen-bond donors (Lipinski definition) is 1. The number of fused-ring (bicyclic) bond motifs is 1. The summed E-state index contributed by atoms with van der Waals surface area (Å²) in [6.45, 7) is 4.85.